The summed E-state index contributed by atoms with van der Waals surface area (Å²) in [5, 5.41) is 0. The smallest absolute Gasteiger partial charge is 0.125 e. The summed E-state index contributed by atoms with van der Waals surface area (Å²) in [5.41, 5.74) is 0.642. The third-order valence-electron chi connectivity index (χ3n) is 2.84. The third kappa shape index (κ3) is 2.16. The van der Waals surface area contributed by atoms with Crippen LogP contribution in [-0.4, -0.2) is 5.60 Å². The second-order valence-electron chi connectivity index (χ2n) is 4.26. The molecule has 1 aliphatic heterocycles. The van der Waals surface area contributed by atoms with Crippen molar-refractivity contribution in [2.75, 3.05) is 0 Å². The number of hydrogen-bond acceptors (Lipinski definition) is 1. The van der Waals surface area contributed by atoms with Gasteiger partial charge in [0.15, 0.2) is 0 Å². The van der Waals surface area contributed by atoms with Crippen molar-refractivity contribution in [1.29, 1.82) is 0 Å². The average Bonchev–Trinajstić information content (AvgIpc) is 2.27. The highest BCUT2D eigenvalue weighted by molar-refractivity contribution is 5.37. The predicted octanol–water partition coefficient (Wildman–Crippen LogP) is 3.65. The molecule has 84 valence electrons. The van der Waals surface area contributed by atoms with Gasteiger partial charge in [-0.15, -0.1) is 0 Å². The van der Waals surface area contributed by atoms with Crippen molar-refractivity contribution in [3.8, 4) is 5.75 Å². The van der Waals surface area contributed by atoms with E-state index in [0.29, 0.717) is 0 Å². The Kier molecular flexibility index (Phi) is 2.82. The zero-order valence-electron chi connectivity index (χ0n) is 9.37. The van der Waals surface area contributed by atoms with Gasteiger partial charge in [0.05, 0.1) is 0 Å². The van der Waals surface area contributed by atoms with E-state index >= 15 is 0 Å². The van der Waals surface area contributed by atoms with E-state index in [-0.39, 0.29) is 11.4 Å². The first kappa shape index (κ1) is 10.9. The normalized spacial score (nSPS) is 23.9. The minimum atomic E-state index is -0.307. The van der Waals surface area contributed by atoms with Crippen LogP contribution in [0, 0.1) is 5.82 Å². The summed E-state index contributed by atoms with van der Waals surface area (Å²) in [7, 11) is 0. The molecule has 0 unspecified atom stereocenters. The molecular formula is C14H15FO. The molecule has 1 aromatic rings. The van der Waals surface area contributed by atoms with Crippen molar-refractivity contribution in [2.45, 2.75) is 25.4 Å². The summed E-state index contributed by atoms with van der Waals surface area (Å²) in [4.78, 5) is 0. The van der Waals surface area contributed by atoms with E-state index < -0.39 is 0 Å². The molecule has 0 N–H and O–H groups in total. The number of fused-ring (bicyclic) bond motifs is 1. The second kappa shape index (κ2) is 4.12. The highest BCUT2D eigenvalue weighted by atomic mass is 19.1. The van der Waals surface area contributed by atoms with Crippen molar-refractivity contribution in [3.05, 3.63) is 54.4 Å². The van der Waals surface area contributed by atoms with Gasteiger partial charge < -0.3 is 4.74 Å². The Hall–Kier alpha value is -1.57. The van der Waals surface area contributed by atoms with E-state index in [9.17, 15) is 4.39 Å². The molecule has 0 radical (unpaired) electrons. The molecular weight excluding hydrogens is 203 g/mol. The van der Waals surface area contributed by atoms with Crippen molar-refractivity contribution in [2.24, 2.45) is 0 Å². The van der Waals surface area contributed by atoms with Crippen LogP contribution in [0.5, 0.6) is 5.75 Å². The van der Waals surface area contributed by atoms with Crippen LogP contribution in [0.2, 0.25) is 0 Å². The van der Waals surface area contributed by atoms with Gasteiger partial charge in [0, 0.05) is 0 Å². The Morgan fingerprint density at radius 2 is 2.31 bits per heavy atom. The molecule has 0 aliphatic carbocycles. The molecule has 16 heavy (non-hydrogen) atoms. The Bertz CT molecular complexity index is 436. The highest BCUT2D eigenvalue weighted by Gasteiger charge is 2.28. The number of benzene rings is 1. The maximum Gasteiger partial charge on any atom is 0.125 e. The topological polar surface area (TPSA) is 9.23 Å². The van der Waals surface area contributed by atoms with E-state index in [0.717, 1.165) is 24.2 Å². The van der Waals surface area contributed by atoms with Crippen molar-refractivity contribution in [1.82, 2.24) is 0 Å². The largest absolute Gasteiger partial charge is 0.483 e. The third-order valence-corrected chi connectivity index (χ3v) is 2.84. The van der Waals surface area contributed by atoms with Gasteiger partial charge in [-0.2, -0.15) is 0 Å². The SMILES string of the molecule is C=C/C=C/[C@]1(C)CCc2cc(F)ccc2O1. The van der Waals surface area contributed by atoms with Gasteiger partial charge >= 0.3 is 0 Å². The van der Waals surface area contributed by atoms with Gasteiger partial charge in [-0.3, -0.25) is 0 Å². The fourth-order valence-corrected chi connectivity index (χ4v) is 1.92. The van der Waals surface area contributed by atoms with Crippen LogP contribution in [0.1, 0.15) is 18.9 Å². The van der Waals surface area contributed by atoms with Gasteiger partial charge in [0.1, 0.15) is 17.2 Å². The number of ether oxygens (including phenoxy) is 1. The minimum absolute atomic E-state index is 0.201. The number of rotatable bonds is 2. The van der Waals surface area contributed by atoms with Crippen molar-refractivity contribution >= 4 is 0 Å². The first-order chi connectivity index (χ1) is 7.63. The van der Waals surface area contributed by atoms with Crippen LogP contribution < -0.4 is 4.74 Å². The number of hydrogen-bond donors (Lipinski definition) is 0. The lowest BCUT2D eigenvalue weighted by Crippen LogP contribution is -2.34. The van der Waals surface area contributed by atoms with Crippen LogP contribution in [0.25, 0.3) is 0 Å². The van der Waals surface area contributed by atoms with E-state index in [1.54, 1.807) is 18.2 Å². The van der Waals surface area contributed by atoms with E-state index in [1.165, 1.54) is 6.07 Å². The lowest BCUT2D eigenvalue weighted by atomic mass is 9.92. The van der Waals surface area contributed by atoms with Crippen molar-refractivity contribution in [3.63, 3.8) is 0 Å². The molecule has 1 aliphatic rings. The number of aryl methyl sites for hydroxylation is 1. The highest BCUT2D eigenvalue weighted by Crippen LogP contribution is 2.34. The van der Waals surface area contributed by atoms with Gasteiger partial charge in [-0.1, -0.05) is 18.7 Å². The fourth-order valence-electron chi connectivity index (χ4n) is 1.92. The molecule has 0 saturated carbocycles. The number of allylic oxidation sites excluding steroid dienone is 2. The molecule has 0 bridgehead atoms. The quantitative estimate of drug-likeness (QED) is 0.688. The standard InChI is InChI=1S/C14H15FO/c1-3-4-8-14(2)9-7-11-10-12(15)5-6-13(11)16-14/h3-6,8,10H,1,7,9H2,2H3/b8-4+/t14-/m1/s1. The zero-order chi connectivity index (χ0) is 11.6. The Balaban J connectivity index is 2.26. The molecule has 1 atom stereocenters. The van der Waals surface area contributed by atoms with E-state index in [4.69, 9.17) is 4.74 Å². The van der Waals surface area contributed by atoms with E-state index in [2.05, 4.69) is 6.58 Å². The molecule has 0 fully saturated rings. The summed E-state index contributed by atoms with van der Waals surface area (Å²) in [6.45, 7) is 5.67. The molecule has 2 rings (SSSR count). The maximum absolute atomic E-state index is 13.0. The summed E-state index contributed by atoms with van der Waals surface area (Å²) in [5.74, 6) is 0.580. The van der Waals surface area contributed by atoms with Crippen LogP contribution in [0.4, 0.5) is 4.39 Å². The first-order valence-electron chi connectivity index (χ1n) is 5.41. The van der Waals surface area contributed by atoms with Gasteiger partial charge in [-0.25, -0.2) is 4.39 Å². The number of halogens is 1. The summed E-state index contributed by atoms with van der Waals surface area (Å²) < 4.78 is 18.9. The van der Waals surface area contributed by atoms with Gasteiger partial charge in [0.2, 0.25) is 0 Å². The average molecular weight is 218 g/mol. The van der Waals surface area contributed by atoms with Gasteiger partial charge in [0.25, 0.3) is 0 Å². The maximum atomic E-state index is 13.0. The summed E-state index contributed by atoms with van der Waals surface area (Å²) >= 11 is 0. The molecule has 0 aromatic heterocycles. The lowest BCUT2D eigenvalue weighted by molar-refractivity contribution is 0.114. The Morgan fingerprint density at radius 1 is 1.50 bits per heavy atom. The van der Waals surface area contributed by atoms with E-state index in [1.807, 2.05) is 19.1 Å². The molecule has 0 saturated heterocycles. The van der Waals surface area contributed by atoms with Crippen LogP contribution in [-0.2, 0) is 6.42 Å². The molecule has 1 nitrogen and oxygen atoms in total. The van der Waals surface area contributed by atoms with Crippen LogP contribution >= 0.6 is 0 Å². The lowest BCUT2D eigenvalue weighted by Gasteiger charge is -2.33. The zero-order valence-corrected chi connectivity index (χ0v) is 9.37. The van der Waals surface area contributed by atoms with Crippen molar-refractivity contribution < 1.29 is 9.13 Å². The molecule has 1 heterocycles. The van der Waals surface area contributed by atoms with Gasteiger partial charge in [-0.05, 0) is 49.6 Å². The summed E-state index contributed by atoms with van der Waals surface area (Å²) in [6.07, 6.45) is 7.30. The second-order valence-corrected chi connectivity index (χ2v) is 4.26. The predicted molar refractivity (Wildman–Crippen MR) is 63.1 cm³/mol. The van der Waals surface area contributed by atoms with Crippen LogP contribution in [0.15, 0.2) is 43.0 Å². The minimum Gasteiger partial charge on any atom is -0.483 e. The molecule has 0 spiro atoms. The first-order valence-corrected chi connectivity index (χ1v) is 5.41. The molecule has 0 amide bonds. The summed E-state index contributed by atoms with van der Waals surface area (Å²) in [6, 6.07) is 4.68. The molecule has 1 aromatic carbocycles. The Morgan fingerprint density at radius 3 is 3.06 bits per heavy atom. The Labute approximate surface area is 95.2 Å². The fraction of sp³-hybridized carbons (Fsp3) is 0.286. The van der Waals surface area contributed by atoms with Crippen LogP contribution in [0.3, 0.4) is 0 Å². The monoisotopic (exact) mass is 218 g/mol. The molecule has 2 heteroatoms.